The fourth-order valence-electron chi connectivity index (χ4n) is 7.60. The third kappa shape index (κ3) is 6.53. The minimum absolute atomic E-state index is 0.776. The van der Waals surface area contributed by atoms with Crippen LogP contribution in [0.5, 0.6) is 11.5 Å². The molecule has 0 aliphatic heterocycles. The van der Waals surface area contributed by atoms with Gasteiger partial charge in [-0.25, -0.2) is 0 Å². The fourth-order valence-corrected chi connectivity index (χ4v) is 10.3. The Morgan fingerprint density at radius 2 is 0.518 bits per heavy atom. The Balaban J connectivity index is 1.38. The van der Waals surface area contributed by atoms with Gasteiger partial charge < -0.3 is 9.47 Å². The number of benzene rings is 7. The maximum atomic E-state index is 6.49. The predicted octanol–water partition coefficient (Wildman–Crippen LogP) is 15.2. The molecule has 0 aliphatic rings. The van der Waals surface area contributed by atoms with Gasteiger partial charge in [-0.3, -0.25) is 0 Å². The topological polar surface area (TPSA) is 18.5 Å². The molecule has 0 atom stereocenters. The van der Waals surface area contributed by atoms with Crippen molar-refractivity contribution < 1.29 is 9.47 Å². The lowest BCUT2D eigenvalue weighted by atomic mass is 9.87. The number of hydrogen-bond donors (Lipinski definition) is 0. The zero-order valence-corrected chi connectivity index (χ0v) is 32.7. The van der Waals surface area contributed by atoms with E-state index < -0.39 is 0 Å². The van der Waals surface area contributed by atoms with Crippen LogP contribution in [-0.4, -0.2) is 14.2 Å². The summed E-state index contributed by atoms with van der Waals surface area (Å²) in [4.78, 5) is 4.76. The molecular weight excluding hydrogens is 721 g/mol. The molecule has 7 aromatic carbocycles. The van der Waals surface area contributed by atoms with E-state index in [-0.39, 0.29) is 0 Å². The van der Waals surface area contributed by atoms with E-state index in [1.54, 1.807) is 14.2 Å². The Morgan fingerprint density at radius 1 is 0.286 bits per heavy atom. The van der Waals surface area contributed by atoms with Crippen molar-refractivity contribution in [1.29, 1.82) is 0 Å². The van der Waals surface area contributed by atoms with Gasteiger partial charge in [-0.1, -0.05) is 182 Å². The molecule has 0 saturated carbocycles. The molecule has 0 saturated heterocycles. The largest absolute Gasteiger partial charge is 0.496 e. The van der Waals surface area contributed by atoms with Crippen molar-refractivity contribution in [3.8, 4) is 97.8 Å². The molecular formula is C52H38O2S2. The van der Waals surface area contributed by atoms with Crippen LogP contribution in [-0.2, 0) is 0 Å². The van der Waals surface area contributed by atoms with Crippen LogP contribution in [0.1, 0.15) is 0 Å². The van der Waals surface area contributed by atoms with Crippen LogP contribution in [0.15, 0.2) is 194 Å². The Labute approximate surface area is 336 Å². The number of ether oxygens (including phenoxy) is 2. The van der Waals surface area contributed by atoms with Gasteiger partial charge >= 0.3 is 0 Å². The van der Waals surface area contributed by atoms with Gasteiger partial charge in [-0.15, -0.1) is 22.7 Å². The minimum Gasteiger partial charge on any atom is -0.496 e. The molecule has 0 fully saturated rings. The lowest BCUT2D eigenvalue weighted by Crippen LogP contribution is -1.96. The van der Waals surface area contributed by atoms with Gasteiger partial charge in [0.05, 0.1) is 14.2 Å². The molecule has 0 bridgehead atoms. The molecule has 9 rings (SSSR count). The van der Waals surface area contributed by atoms with E-state index in [0.717, 1.165) is 56.0 Å². The summed E-state index contributed by atoms with van der Waals surface area (Å²) in [6, 6.07) is 68.7. The van der Waals surface area contributed by atoms with Crippen LogP contribution in [0.4, 0.5) is 0 Å². The Kier molecular flexibility index (Phi) is 9.90. The predicted molar refractivity (Wildman–Crippen MR) is 239 cm³/mol. The second kappa shape index (κ2) is 15.7. The molecule has 0 N–H and O–H groups in total. The Hall–Kier alpha value is -6.46. The molecule has 4 heteroatoms. The van der Waals surface area contributed by atoms with Gasteiger partial charge in [0.15, 0.2) is 0 Å². The lowest BCUT2D eigenvalue weighted by Gasteiger charge is -2.19. The van der Waals surface area contributed by atoms with Crippen molar-refractivity contribution in [3.05, 3.63) is 194 Å². The van der Waals surface area contributed by atoms with Crippen molar-refractivity contribution in [2.24, 2.45) is 0 Å². The molecule has 0 radical (unpaired) electrons. The van der Waals surface area contributed by atoms with E-state index >= 15 is 0 Å². The second-order valence-corrected chi connectivity index (χ2v) is 15.5. The van der Waals surface area contributed by atoms with E-state index in [4.69, 9.17) is 9.47 Å². The van der Waals surface area contributed by atoms with Crippen molar-refractivity contribution >= 4 is 22.7 Å². The first-order valence-corrected chi connectivity index (χ1v) is 20.3. The summed E-state index contributed by atoms with van der Waals surface area (Å²) < 4.78 is 13.0. The highest BCUT2D eigenvalue weighted by Gasteiger charge is 2.30. The normalized spacial score (nSPS) is 11.0. The second-order valence-electron chi connectivity index (χ2n) is 13.5. The molecule has 2 nitrogen and oxygen atoms in total. The summed E-state index contributed by atoms with van der Waals surface area (Å²) in [6.45, 7) is 0. The van der Waals surface area contributed by atoms with E-state index in [1.807, 2.05) is 22.7 Å². The quantitative estimate of drug-likeness (QED) is 0.138. The minimum atomic E-state index is 0.776. The average molecular weight is 759 g/mol. The van der Waals surface area contributed by atoms with Gasteiger partial charge in [-0.2, -0.15) is 0 Å². The lowest BCUT2D eigenvalue weighted by molar-refractivity contribution is 0.406. The maximum Gasteiger partial charge on any atom is 0.127 e. The van der Waals surface area contributed by atoms with Crippen LogP contribution in [0, 0.1) is 0 Å². The first-order valence-electron chi connectivity index (χ1n) is 18.7. The molecule has 2 heterocycles. The average Bonchev–Trinajstić information content (AvgIpc) is 3.88. The van der Waals surface area contributed by atoms with Crippen molar-refractivity contribution in [2.75, 3.05) is 14.2 Å². The maximum absolute atomic E-state index is 6.49. The zero-order valence-electron chi connectivity index (χ0n) is 31.1. The SMILES string of the molecule is COc1cc(-c2c(-c3ccccc3)sc(-c3ccccc3)c2-c2ccccc2)c(OC)cc1-c1c(-c2ccccc2)sc(-c2ccccc2)c1-c1ccccc1. The smallest absolute Gasteiger partial charge is 0.127 e. The fraction of sp³-hybridized carbons (Fsp3) is 0.0385. The van der Waals surface area contributed by atoms with Crippen LogP contribution in [0.3, 0.4) is 0 Å². The van der Waals surface area contributed by atoms with Crippen LogP contribution >= 0.6 is 22.7 Å². The summed E-state index contributed by atoms with van der Waals surface area (Å²) >= 11 is 3.64. The highest BCUT2D eigenvalue weighted by atomic mass is 32.1. The zero-order chi connectivity index (χ0) is 37.8. The summed E-state index contributed by atoms with van der Waals surface area (Å²) in [5, 5.41) is 0. The van der Waals surface area contributed by atoms with Gasteiger partial charge in [0.1, 0.15) is 11.5 Å². The van der Waals surface area contributed by atoms with Gasteiger partial charge in [0, 0.05) is 52.9 Å². The van der Waals surface area contributed by atoms with Crippen molar-refractivity contribution in [1.82, 2.24) is 0 Å². The van der Waals surface area contributed by atoms with Crippen LogP contribution in [0.2, 0.25) is 0 Å². The Bertz CT molecular complexity index is 2530. The third-order valence-corrected chi connectivity index (χ3v) is 12.7. The van der Waals surface area contributed by atoms with Crippen molar-refractivity contribution in [2.45, 2.75) is 0 Å². The molecule has 0 amide bonds. The molecule has 2 aromatic heterocycles. The van der Waals surface area contributed by atoms with Gasteiger partial charge in [0.25, 0.3) is 0 Å². The standard InChI is InChI=1S/C52H38O2S2/c1-53-43-33-42(48-46(36-23-11-4-12-24-36)50(38-27-15-6-16-28-38)56-52(48)40-31-19-8-20-32-40)44(54-2)34-41(43)47-45(35-21-9-3-10-22-35)49(37-25-13-5-14-26-37)55-51(47)39-29-17-7-18-30-39/h3-34H,1-2H3. The molecule has 56 heavy (non-hydrogen) atoms. The highest BCUT2D eigenvalue weighted by molar-refractivity contribution is 7.20. The number of methoxy groups -OCH3 is 2. The van der Waals surface area contributed by atoms with Gasteiger partial charge in [0.2, 0.25) is 0 Å². The summed E-state index contributed by atoms with van der Waals surface area (Å²) in [7, 11) is 3.56. The summed E-state index contributed by atoms with van der Waals surface area (Å²) in [6.07, 6.45) is 0. The van der Waals surface area contributed by atoms with E-state index in [1.165, 1.54) is 41.8 Å². The molecule has 0 spiro atoms. The van der Waals surface area contributed by atoms with Crippen molar-refractivity contribution in [3.63, 3.8) is 0 Å². The number of hydrogen-bond acceptors (Lipinski definition) is 4. The summed E-state index contributed by atoms with van der Waals surface area (Å²) in [5.74, 6) is 1.55. The van der Waals surface area contributed by atoms with Crippen LogP contribution < -0.4 is 9.47 Å². The third-order valence-electron chi connectivity index (χ3n) is 10.1. The monoisotopic (exact) mass is 758 g/mol. The summed E-state index contributed by atoms with van der Waals surface area (Å²) in [5.41, 5.74) is 13.5. The van der Waals surface area contributed by atoms with E-state index in [9.17, 15) is 0 Å². The van der Waals surface area contributed by atoms with E-state index in [0.29, 0.717) is 0 Å². The van der Waals surface area contributed by atoms with E-state index in [2.05, 4.69) is 194 Å². The molecule has 270 valence electrons. The molecule has 9 aromatic rings. The molecule has 0 unspecified atom stereocenters. The highest BCUT2D eigenvalue weighted by Crippen LogP contribution is 2.58. The first kappa shape index (κ1) is 35.3. The number of rotatable bonds is 10. The van der Waals surface area contributed by atoms with Crippen LogP contribution in [0.25, 0.3) is 86.3 Å². The molecule has 0 aliphatic carbocycles. The first-order chi connectivity index (χ1) is 27.7. The van der Waals surface area contributed by atoms with Gasteiger partial charge in [-0.05, 0) is 45.5 Å². The Morgan fingerprint density at radius 3 is 0.768 bits per heavy atom. The number of thiophene rings is 2.